The third-order valence-corrected chi connectivity index (χ3v) is 3.93. The van der Waals surface area contributed by atoms with Crippen molar-refractivity contribution in [2.45, 2.75) is 33.1 Å². The molecule has 1 saturated heterocycles. The lowest BCUT2D eigenvalue weighted by atomic mass is 10.1. The third kappa shape index (κ3) is 2.33. The quantitative estimate of drug-likeness (QED) is 0.827. The van der Waals surface area contributed by atoms with E-state index in [1.54, 1.807) is 0 Å². The van der Waals surface area contributed by atoms with Crippen molar-refractivity contribution in [2.75, 3.05) is 18.0 Å². The summed E-state index contributed by atoms with van der Waals surface area (Å²) in [6.07, 6.45) is 0.904. The molecule has 1 unspecified atom stereocenters. The summed E-state index contributed by atoms with van der Waals surface area (Å²) in [6.45, 7) is 7.09. The van der Waals surface area contributed by atoms with E-state index in [2.05, 4.69) is 31.3 Å². The van der Waals surface area contributed by atoms with Gasteiger partial charge in [-0.05, 0) is 32.8 Å². The van der Waals surface area contributed by atoms with Crippen LogP contribution in [0.25, 0.3) is 0 Å². The molecule has 0 aliphatic carbocycles. The highest BCUT2D eigenvalue weighted by molar-refractivity contribution is 5.58. The van der Waals surface area contributed by atoms with Crippen LogP contribution in [0.2, 0.25) is 0 Å². The van der Waals surface area contributed by atoms with Crippen LogP contribution in [0.3, 0.4) is 0 Å². The Hall–Kier alpha value is -2.49. The molecule has 1 aliphatic rings. The van der Waals surface area contributed by atoms with Gasteiger partial charge in [-0.2, -0.15) is 15.3 Å². The summed E-state index contributed by atoms with van der Waals surface area (Å²) in [4.78, 5) is 6.36. The summed E-state index contributed by atoms with van der Waals surface area (Å²) in [5, 5.41) is 21.6. The molecule has 3 rings (SSSR count). The van der Waals surface area contributed by atoms with Gasteiger partial charge >= 0.3 is 0 Å². The average Bonchev–Trinajstić information content (AvgIpc) is 3.10. The van der Waals surface area contributed by atoms with Crippen molar-refractivity contribution >= 4 is 5.82 Å². The highest BCUT2D eigenvalue weighted by Gasteiger charge is 2.30. The normalized spacial score (nSPS) is 18.0. The fourth-order valence-electron chi connectivity index (χ4n) is 2.58. The van der Waals surface area contributed by atoms with Crippen LogP contribution >= 0.6 is 0 Å². The zero-order valence-electron chi connectivity index (χ0n) is 12.3. The minimum absolute atomic E-state index is 0.182. The Morgan fingerprint density at radius 2 is 2.10 bits per heavy atom. The van der Waals surface area contributed by atoms with Gasteiger partial charge < -0.3 is 9.42 Å². The fraction of sp³-hybridized carbons (Fsp3) is 0.500. The maximum Gasteiger partial charge on any atom is 0.231 e. The van der Waals surface area contributed by atoms with E-state index in [9.17, 15) is 5.26 Å². The third-order valence-electron chi connectivity index (χ3n) is 3.93. The number of anilines is 1. The SMILES string of the molecule is Cc1noc(C2CCN(c3nnc(C)c(C)c3C#N)C2)n1. The lowest BCUT2D eigenvalue weighted by Crippen LogP contribution is -2.23. The molecule has 1 fully saturated rings. The van der Waals surface area contributed by atoms with Crippen molar-refractivity contribution in [3.63, 3.8) is 0 Å². The van der Waals surface area contributed by atoms with Crippen LogP contribution in [0.5, 0.6) is 0 Å². The number of hydrogen-bond donors (Lipinski definition) is 0. The van der Waals surface area contributed by atoms with Crippen LogP contribution in [-0.4, -0.2) is 33.4 Å². The first-order chi connectivity index (χ1) is 10.1. The second-order valence-corrected chi connectivity index (χ2v) is 5.33. The molecule has 1 aliphatic heterocycles. The molecule has 1 atom stereocenters. The zero-order chi connectivity index (χ0) is 15.0. The maximum absolute atomic E-state index is 9.39. The first kappa shape index (κ1) is 13.5. The molecule has 21 heavy (non-hydrogen) atoms. The van der Waals surface area contributed by atoms with Crippen molar-refractivity contribution in [2.24, 2.45) is 0 Å². The molecule has 0 N–H and O–H groups in total. The number of aromatic nitrogens is 4. The lowest BCUT2D eigenvalue weighted by Gasteiger charge is -2.18. The van der Waals surface area contributed by atoms with Gasteiger partial charge in [0, 0.05) is 13.1 Å². The van der Waals surface area contributed by atoms with Gasteiger partial charge in [-0.1, -0.05) is 5.16 Å². The van der Waals surface area contributed by atoms with Crippen molar-refractivity contribution in [3.05, 3.63) is 28.5 Å². The molecule has 0 bridgehead atoms. The van der Waals surface area contributed by atoms with Crippen molar-refractivity contribution < 1.29 is 4.52 Å². The van der Waals surface area contributed by atoms with Crippen molar-refractivity contribution in [1.29, 1.82) is 5.26 Å². The predicted octanol–water partition coefficient (Wildman–Crippen LogP) is 1.65. The van der Waals surface area contributed by atoms with E-state index in [-0.39, 0.29) is 5.92 Å². The fourth-order valence-corrected chi connectivity index (χ4v) is 2.58. The van der Waals surface area contributed by atoms with Crippen LogP contribution in [0.15, 0.2) is 4.52 Å². The molecule has 0 aromatic carbocycles. The molecule has 0 amide bonds. The zero-order valence-corrected chi connectivity index (χ0v) is 12.3. The molecule has 0 spiro atoms. The van der Waals surface area contributed by atoms with Crippen LogP contribution < -0.4 is 4.90 Å². The van der Waals surface area contributed by atoms with Gasteiger partial charge in [0.05, 0.1) is 11.6 Å². The Kier molecular flexibility index (Phi) is 3.29. The van der Waals surface area contributed by atoms with Gasteiger partial charge in [0.2, 0.25) is 5.89 Å². The minimum Gasteiger partial charge on any atom is -0.353 e. The van der Waals surface area contributed by atoms with Crippen LogP contribution in [0.4, 0.5) is 5.82 Å². The summed E-state index contributed by atoms with van der Waals surface area (Å²) in [5.41, 5.74) is 2.28. The number of nitriles is 1. The van der Waals surface area contributed by atoms with Crippen molar-refractivity contribution in [3.8, 4) is 6.07 Å². The second kappa shape index (κ2) is 5.13. The first-order valence-corrected chi connectivity index (χ1v) is 6.89. The van der Waals surface area contributed by atoms with E-state index in [1.807, 2.05) is 20.8 Å². The molecule has 108 valence electrons. The molecular formula is C14H16N6O. The largest absolute Gasteiger partial charge is 0.353 e. The molecule has 3 heterocycles. The maximum atomic E-state index is 9.39. The smallest absolute Gasteiger partial charge is 0.231 e. The highest BCUT2D eigenvalue weighted by atomic mass is 16.5. The van der Waals surface area contributed by atoms with E-state index < -0.39 is 0 Å². The lowest BCUT2D eigenvalue weighted by molar-refractivity contribution is 0.356. The molecule has 0 saturated carbocycles. The van der Waals surface area contributed by atoms with Crippen molar-refractivity contribution in [1.82, 2.24) is 20.3 Å². The van der Waals surface area contributed by atoms with Gasteiger partial charge in [-0.3, -0.25) is 0 Å². The minimum atomic E-state index is 0.182. The van der Waals surface area contributed by atoms with E-state index in [1.165, 1.54) is 0 Å². The predicted molar refractivity (Wildman–Crippen MR) is 74.8 cm³/mol. The van der Waals surface area contributed by atoms with E-state index in [4.69, 9.17) is 4.52 Å². The van der Waals surface area contributed by atoms with E-state index in [0.717, 1.165) is 24.2 Å². The van der Waals surface area contributed by atoms with Gasteiger partial charge in [0.15, 0.2) is 11.6 Å². The Labute approximate surface area is 122 Å². The molecular weight excluding hydrogens is 268 g/mol. The Morgan fingerprint density at radius 3 is 2.76 bits per heavy atom. The van der Waals surface area contributed by atoms with Gasteiger partial charge in [-0.25, -0.2) is 0 Å². The number of rotatable bonds is 2. The summed E-state index contributed by atoms with van der Waals surface area (Å²) in [6, 6.07) is 2.24. The molecule has 7 heteroatoms. The Bertz CT molecular complexity index is 717. The van der Waals surface area contributed by atoms with Crippen LogP contribution in [0, 0.1) is 32.1 Å². The van der Waals surface area contributed by atoms with Crippen LogP contribution in [-0.2, 0) is 0 Å². The number of nitrogens with zero attached hydrogens (tertiary/aromatic N) is 6. The average molecular weight is 284 g/mol. The van der Waals surface area contributed by atoms with Crippen LogP contribution in [0.1, 0.15) is 40.9 Å². The monoisotopic (exact) mass is 284 g/mol. The summed E-state index contributed by atoms with van der Waals surface area (Å²) < 4.78 is 5.24. The first-order valence-electron chi connectivity index (χ1n) is 6.89. The van der Waals surface area contributed by atoms with E-state index in [0.29, 0.717) is 29.6 Å². The highest BCUT2D eigenvalue weighted by Crippen LogP contribution is 2.31. The molecule has 2 aromatic rings. The number of aryl methyl sites for hydroxylation is 2. The summed E-state index contributed by atoms with van der Waals surface area (Å²) in [5.74, 6) is 2.14. The molecule has 0 radical (unpaired) electrons. The molecule has 7 nitrogen and oxygen atoms in total. The van der Waals surface area contributed by atoms with Gasteiger partial charge in [-0.15, -0.1) is 5.10 Å². The molecule has 2 aromatic heterocycles. The Morgan fingerprint density at radius 1 is 1.29 bits per heavy atom. The summed E-state index contributed by atoms with van der Waals surface area (Å²) in [7, 11) is 0. The van der Waals surface area contributed by atoms with Gasteiger partial charge in [0.1, 0.15) is 11.6 Å². The topological polar surface area (TPSA) is 91.7 Å². The second-order valence-electron chi connectivity index (χ2n) is 5.33. The van der Waals surface area contributed by atoms with E-state index >= 15 is 0 Å². The van der Waals surface area contributed by atoms with Gasteiger partial charge in [0.25, 0.3) is 0 Å². The summed E-state index contributed by atoms with van der Waals surface area (Å²) >= 11 is 0. The Balaban J connectivity index is 1.87. The standard InChI is InChI=1S/C14H16N6O/c1-8-9(2)17-18-13(12(8)6-15)20-5-4-11(7-20)14-16-10(3)19-21-14/h11H,4-5,7H2,1-3H3. The number of hydrogen-bond acceptors (Lipinski definition) is 7.